The molecule has 23 heavy (non-hydrogen) atoms. The molecule has 0 atom stereocenters. The van der Waals surface area contributed by atoms with E-state index in [0.717, 1.165) is 6.42 Å². The Balaban J connectivity index is 2.28. The highest BCUT2D eigenvalue weighted by Crippen LogP contribution is 2.35. The van der Waals surface area contributed by atoms with Crippen LogP contribution in [0, 0.1) is 12.3 Å². The van der Waals surface area contributed by atoms with Crippen molar-refractivity contribution < 1.29 is 9.53 Å². The van der Waals surface area contributed by atoms with Crippen LogP contribution in [0.25, 0.3) is 6.08 Å². The van der Waals surface area contributed by atoms with E-state index in [1.54, 1.807) is 18.2 Å². The largest absolute Gasteiger partial charge is 0.478 e. The molecule has 1 aromatic carbocycles. The zero-order chi connectivity index (χ0) is 17.0. The lowest BCUT2D eigenvalue weighted by Crippen LogP contribution is -2.31. The number of ether oxygens (including phenoxy) is 1. The van der Waals surface area contributed by atoms with Gasteiger partial charge in [-0.25, -0.2) is 0 Å². The molecule has 120 valence electrons. The van der Waals surface area contributed by atoms with E-state index < -0.39 is 0 Å². The Bertz CT molecular complexity index is 702. The van der Waals surface area contributed by atoms with Crippen LogP contribution in [0.1, 0.15) is 18.9 Å². The lowest BCUT2D eigenvalue weighted by Gasteiger charge is -2.11. The van der Waals surface area contributed by atoms with E-state index in [-0.39, 0.29) is 12.5 Å². The zero-order valence-corrected chi connectivity index (χ0v) is 14.7. The fraction of sp³-hybridized carbons (Fsp3) is 0.250. The standard InChI is InChI=1S/C16H14Cl2N2O2S/c1-3-5-20-15(21)13(19-16(20)23)9-10-7-11(17)14(12(18)8-10)22-6-4-2/h2,7-9H,3,5-6H2,1H3,(H,19,23)/b13-9-. The van der Waals surface area contributed by atoms with Crippen molar-refractivity contribution in [2.24, 2.45) is 0 Å². The van der Waals surface area contributed by atoms with Crippen molar-refractivity contribution in [1.82, 2.24) is 10.2 Å². The van der Waals surface area contributed by atoms with Gasteiger partial charge < -0.3 is 10.1 Å². The Morgan fingerprint density at radius 2 is 2.09 bits per heavy atom. The average Bonchev–Trinajstić information content (AvgIpc) is 2.74. The monoisotopic (exact) mass is 368 g/mol. The molecule has 0 aromatic heterocycles. The minimum atomic E-state index is -0.170. The zero-order valence-electron chi connectivity index (χ0n) is 12.4. The molecule has 1 amide bonds. The van der Waals surface area contributed by atoms with E-state index in [1.807, 2.05) is 6.92 Å². The molecule has 1 heterocycles. The van der Waals surface area contributed by atoms with Crippen LogP contribution in [0.5, 0.6) is 5.75 Å². The number of halogens is 2. The van der Waals surface area contributed by atoms with E-state index in [2.05, 4.69) is 11.2 Å². The average molecular weight is 369 g/mol. The van der Waals surface area contributed by atoms with Gasteiger partial charge in [-0.1, -0.05) is 36.0 Å². The van der Waals surface area contributed by atoms with Gasteiger partial charge in [0.1, 0.15) is 12.3 Å². The second-order valence-corrected chi connectivity index (χ2v) is 5.95. The summed E-state index contributed by atoms with van der Waals surface area (Å²) in [5, 5.41) is 3.93. The van der Waals surface area contributed by atoms with Crippen molar-refractivity contribution >= 4 is 52.5 Å². The topological polar surface area (TPSA) is 41.6 Å². The first kappa shape index (κ1) is 17.6. The quantitative estimate of drug-likeness (QED) is 0.490. The summed E-state index contributed by atoms with van der Waals surface area (Å²) in [6.07, 6.45) is 7.61. The highest BCUT2D eigenvalue weighted by Gasteiger charge is 2.29. The molecule has 7 heteroatoms. The van der Waals surface area contributed by atoms with Gasteiger partial charge in [0.15, 0.2) is 10.9 Å². The molecule has 4 nitrogen and oxygen atoms in total. The van der Waals surface area contributed by atoms with Gasteiger partial charge in [0.25, 0.3) is 5.91 Å². The normalized spacial score (nSPS) is 15.7. The van der Waals surface area contributed by atoms with E-state index in [1.165, 1.54) is 4.90 Å². The maximum Gasteiger partial charge on any atom is 0.276 e. The Kier molecular flexibility index (Phi) is 5.89. The summed E-state index contributed by atoms with van der Waals surface area (Å²) in [4.78, 5) is 13.8. The first-order chi connectivity index (χ1) is 11.0. The molecule has 1 fully saturated rings. The number of amides is 1. The molecule has 1 aliphatic rings. The molecule has 2 rings (SSSR count). The maximum absolute atomic E-state index is 12.3. The van der Waals surface area contributed by atoms with E-state index in [4.69, 9.17) is 46.6 Å². The van der Waals surface area contributed by atoms with Crippen LogP contribution in [0.4, 0.5) is 0 Å². The number of thiocarbonyl (C=S) groups is 1. The Morgan fingerprint density at radius 1 is 1.43 bits per heavy atom. The van der Waals surface area contributed by atoms with Crippen LogP contribution in [0.2, 0.25) is 10.0 Å². The molecular formula is C16H14Cl2N2O2S. The van der Waals surface area contributed by atoms with E-state index in [0.29, 0.717) is 38.7 Å². The Morgan fingerprint density at radius 3 is 2.65 bits per heavy atom. The molecule has 0 radical (unpaired) electrons. The van der Waals surface area contributed by atoms with Crippen molar-refractivity contribution in [2.45, 2.75) is 13.3 Å². The predicted molar refractivity (Wildman–Crippen MR) is 96.5 cm³/mol. The number of hydrogen-bond donors (Lipinski definition) is 1. The second kappa shape index (κ2) is 7.69. The fourth-order valence-electron chi connectivity index (χ4n) is 2.08. The molecule has 0 saturated carbocycles. The third-order valence-electron chi connectivity index (χ3n) is 3.04. The second-order valence-electron chi connectivity index (χ2n) is 4.75. The highest BCUT2D eigenvalue weighted by molar-refractivity contribution is 7.80. The number of hydrogen-bond acceptors (Lipinski definition) is 3. The summed E-state index contributed by atoms with van der Waals surface area (Å²) < 4.78 is 5.30. The molecule has 0 aliphatic carbocycles. The van der Waals surface area contributed by atoms with Gasteiger partial charge in [0.2, 0.25) is 0 Å². The summed E-state index contributed by atoms with van der Waals surface area (Å²) in [5.74, 6) is 2.50. The molecular weight excluding hydrogens is 355 g/mol. The smallest absolute Gasteiger partial charge is 0.276 e. The number of benzene rings is 1. The third-order valence-corrected chi connectivity index (χ3v) is 3.92. The van der Waals surface area contributed by atoms with Crippen LogP contribution in [0.3, 0.4) is 0 Å². The van der Waals surface area contributed by atoms with Crippen molar-refractivity contribution in [2.75, 3.05) is 13.2 Å². The summed E-state index contributed by atoms with van der Waals surface area (Å²) in [5.41, 5.74) is 1.04. The lowest BCUT2D eigenvalue weighted by atomic mass is 10.1. The number of carbonyl (C=O) groups is 1. The van der Waals surface area contributed by atoms with Gasteiger partial charge in [0.05, 0.1) is 10.0 Å². The summed E-state index contributed by atoms with van der Waals surface area (Å²) in [7, 11) is 0. The summed E-state index contributed by atoms with van der Waals surface area (Å²) in [6.45, 7) is 2.62. The first-order valence-corrected chi connectivity index (χ1v) is 8.04. The van der Waals surface area contributed by atoms with Gasteiger partial charge in [-0.3, -0.25) is 9.69 Å². The predicted octanol–water partition coefficient (Wildman–Crippen LogP) is 3.47. The molecule has 0 bridgehead atoms. The van der Waals surface area contributed by atoms with Gasteiger partial charge in [-0.2, -0.15) is 0 Å². The van der Waals surface area contributed by atoms with Gasteiger partial charge in [0, 0.05) is 6.54 Å². The fourth-order valence-corrected chi connectivity index (χ4v) is 2.98. The number of carbonyl (C=O) groups excluding carboxylic acids is 1. The van der Waals surface area contributed by atoms with Gasteiger partial charge in [-0.15, -0.1) is 6.42 Å². The van der Waals surface area contributed by atoms with Crippen molar-refractivity contribution in [3.63, 3.8) is 0 Å². The van der Waals surface area contributed by atoms with Crippen molar-refractivity contribution in [3.8, 4) is 18.1 Å². The van der Waals surface area contributed by atoms with Gasteiger partial charge in [-0.05, 0) is 42.4 Å². The first-order valence-electron chi connectivity index (χ1n) is 6.87. The molecule has 1 aromatic rings. The maximum atomic E-state index is 12.3. The van der Waals surface area contributed by atoms with Crippen LogP contribution in [-0.4, -0.2) is 29.1 Å². The molecule has 1 saturated heterocycles. The Hall–Kier alpha value is -1.74. The SMILES string of the molecule is C#CCOc1c(Cl)cc(/C=C2\NC(=S)N(CCC)C2=O)cc1Cl. The van der Waals surface area contributed by atoms with E-state index >= 15 is 0 Å². The lowest BCUT2D eigenvalue weighted by molar-refractivity contribution is -0.122. The Labute approximate surface area is 150 Å². The minimum Gasteiger partial charge on any atom is -0.478 e. The summed E-state index contributed by atoms with van der Waals surface area (Å²) >= 11 is 17.5. The molecule has 1 aliphatic heterocycles. The van der Waals surface area contributed by atoms with Crippen LogP contribution < -0.4 is 10.1 Å². The van der Waals surface area contributed by atoms with Crippen molar-refractivity contribution in [1.29, 1.82) is 0 Å². The van der Waals surface area contributed by atoms with E-state index in [9.17, 15) is 4.79 Å². The summed E-state index contributed by atoms with van der Waals surface area (Å²) in [6, 6.07) is 3.29. The third kappa shape index (κ3) is 3.97. The van der Waals surface area contributed by atoms with Crippen LogP contribution in [0.15, 0.2) is 17.8 Å². The molecule has 1 N–H and O–H groups in total. The molecule has 0 unspecified atom stereocenters. The van der Waals surface area contributed by atoms with Gasteiger partial charge >= 0.3 is 0 Å². The number of terminal acetylenes is 1. The van der Waals surface area contributed by atoms with Crippen molar-refractivity contribution in [3.05, 3.63) is 33.4 Å². The number of nitrogens with zero attached hydrogens (tertiary/aromatic N) is 1. The number of rotatable bonds is 5. The van der Waals surface area contributed by atoms with Crippen LogP contribution in [-0.2, 0) is 4.79 Å². The molecule has 0 spiro atoms. The highest BCUT2D eigenvalue weighted by atomic mass is 35.5. The minimum absolute atomic E-state index is 0.0696. The number of nitrogens with one attached hydrogen (secondary N) is 1. The van der Waals surface area contributed by atoms with Crippen LogP contribution >= 0.6 is 35.4 Å².